The number of morpholine rings is 1. The summed E-state index contributed by atoms with van der Waals surface area (Å²) >= 11 is 0. The number of hydrogen-bond donors (Lipinski definition) is 1. The largest absolute Gasteiger partial charge is 0.453 e. The highest BCUT2D eigenvalue weighted by molar-refractivity contribution is 5.70. The Morgan fingerprint density at radius 3 is 2.69 bits per heavy atom. The van der Waals surface area contributed by atoms with Gasteiger partial charge in [0.15, 0.2) is 0 Å². The molecule has 1 heterocycles. The number of halogens is 4. The second kappa shape index (κ2) is 7.03. The number of carbonyl (C=O) groups excluding carboxylic acids is 1. The minimum Gasteiger partial charge on any atom is -0.453 e. The van der Waals surface area contributed by atoms with Crippen molar-refractivity contribution in [2.75, 3.05) is 33.4 Å². The average molecular weight is 376 g/mol. The number of hydrogen-bond acceptors (Lipinski definition) is 4. The quantitative estimate of drug-likeness (QED) is 0.821. The zero-order valence-electron chi connectivity index (χ0n) is 14.2. The van der Waals surface area contributed by atoms with Crippen molar-refractivity contribution < 1.29 is 31.8 Å². The van der Waals surface area contributed by atoms with Gasteiger partial charge in [-0.25, -0.2) is 9.18 Å². The Kier molecular flexibility index (Phi) is 5.12. The Morgan fingerprint density at radius 2 is 2.15 bits per heavy atom. The Balaban J connectivity index is 1.92. The summed E-state index contributed by atoms with van der Waals surface area (Å²) in [5, 5.41) is 3.21. The molecule has 1 aliphatic carbocycles. The van der Waals surface area contributed by atoms with Gasteiger partial charge >= 0.3 is 12.3 Å². The van der Waals surface area contributed by atoms with Gasteiger partial charge in [0.25, 0.3) is 0 Å². The van der Waals surface area contributed by atoms with Gasteiger partial charge in [0, 0.05) is 19.1 Å². The minimum atomic E-state index is -4.80. The van der Waals surface area contributed by atoms with E-state index in [-0.39, 0.29) is 18.2 Å². The van der Waals surface area contributed by atoms with E-state index in [9.17, 15) is 22.4 Å². The molecule has 26 heavy (non-hydrogen) atoms. The molecule has 0 aromatic heterocycles. The third kappa shape index (κ3) is 3.64. The van der Waals surface area contributed by atoms with Crippen molar-refractivity contribution in [3.05, 3.63) is 35.1 Å². The van der Waals surface area contributed by atoms with Crippen LogP contribution in [0.2, 0.25) is 0 Å². The van der Waals surface area contributed by atoms with E-state index in [1.165, 1.54) is 18.1 Å². The van der Waals surface area contributed by atoms with Crippen LogP contribution < -0.4 is 5.32 Å². The third-order valence-electron chi connectivity index (χ3n) is 4.85. The Bertz CT molecular complexity index is 670. The van der Waals surface area contributed by atoms with E-state index in [1.807, 2.05) is 0 Å². The first-order valence-electron chi connectivity index (χ1n) is 8.32. The molecule has 0 radical (unpaired) electrons. The van der Waals surface area contributed by atoms with Gasteiger partial charge in [-0.1, -0.05) is 6.07 Å². The van der Waals surface area contributed by atoms with Crippen molar-refractivity contribution in [2.45, 2.75) is 30.6 Å². The predicted molar refractivity (Wildman–Crippen MR) is 84.0 cm³/mol. The highest BCUT2D eigenvalue weighted by atomic mass is 19.4. The van der Waals surface area contributed by atoms with E-state index in [1.54, 1.807) is 0 Å². The molecule has 1 aromatic carbocycles. The van der Waals surface area contributed by atoms with E-state index in [2.05, 4.69) is 5.32 Å². The van der Waals surface area contributed by atoms with Crippen LogP contribution in [0.1, 0.15) is 24.0 Å². The molecule has 1 saturated heterocycles. The van der Waals surface area contributed by atoms with Crippen LogP contribution >= 0.6 is 0 Å². The summed E-state index contributed by atoms with van der Waals surface area (Å²) in [7, 11) is 1.22. The number of methoxy groups -OCH3 is 1. The maximum Gasteiger partial charge on any atom is 0.419 e. The van der Waals surface area contributed by atoms with Gasteiger partial charge in [0.2, 0.25) is 0 Å². The van der Waals surface area contributed by atoms with E-state index >= 15 is 0 Å². The number of nitrogens with zero attached hydrogens (tertiary/aromatic N) is 1. The molecule has 3 rings (SSSR count). The van der Waals surface area contributed by atoms with Crippen LogP contribution in [-0.4, -0.2) is 50.4 Å². The first-order chi connectivity index (χ1) is 12.3. The van der Waals surface area contributed by atoms with Gasteiger partial charge in [-0.3, -0.25) is 4.90 Å². The molecule has 0 bridgehead atoms. The first-order valence-corrected chi connectivity index (χ1v) is 8.32. The van der Waals surface area contributed by atoms with Gasteiger partial charge in [0.1, 0.15) is 5.82 Å². The Labute approximate surface area is 148 Å². The van der Waals surface area contributed by atoms with Gasteiger partial charge in [-0.2, -0.15) is 13.2 Å². The lowest BCUT2D eigenvalue weighted by molar-refractivity contribution is -0.140. The molecular formula is C17H20F4N2O3. The fourth-order valence-corrected chi connectivity index (χ4v) is 3.36. The molecule has 1 amide bonds. The lowest BCUT2D eigenvalue weighted by Crippen LogP contribution is -2.52. The molecule has 0 unspecified atom stereocenters. The lowest BCUT2D eigenvalue weighted by Gasteiger charge is -2.36. The average Bonchev–Trinajstić information content (AvgIpc) is 3.41. The zero-order chi connectivity index (χ0) is 18.9. The van der Waals surface area contributed by atoms with Crippen molar-refractivity contribution >= 4 is 6.09 Å². The Hall–Kier alpha value is -1.87. The topological polar surface area (TPSA) is 50.8 Å². The van der Waals surface area contributed by atoms with E-state index < -0.39 is 29.2 Å². The second-order valence-corrected chi connectivity index (χ2v) is 6.53. The fourth-order valence-electron chi connectivity index (χ4n) is 3.36. The fraction of sp³-hybridized carbons (Fsp3) is 0.588. The zero-order valence-corrected chi connectivity index (χ0v) is 14.2. The molecule has 2 fully saturated rings. The van der Waals surface area contributed by atoms with E-state index in [0.717, 1.165) is 12.1 Å². The monoisotopic (exact) mass is 376 g/mol. The smallest absolute Gasteiger partial charge is 0.419 e. The van der Waals surface area contributed by atoms with Crippen molar-refractivity contribution in [3.8, 4) is 0 Å². The number of alkyl halides is 3. The summed E-state index contributed by atoms with van der Waals surface area (Å²) < 4.78 is 63.0. The third-order valence-corrected chi connectivity index (χ3v) is 4.85. The second-order valence-electron chi connectivity index (χ2n) is 6.53. The highest BCUT2D eigenvalue weighted by Gasteiger charge is 2.53. The van der Waals surface area contributed by atoms with Gasteiger partial charge in [-0.05, 0) is 30.5 Å². The summed E-state index contributed by atoms with van der Waals surface area (Å²) in [5.41, 5.74) is -1.99. The first kappa shape index (κ1) is 18.9. The van der Waals surface area contributed by atoms with Crippen molar-refractivity contribution in [1.29, 1.82) is 0 Å². The number of amides is 1. The highest BCUT2D eigenvalue weighted by Crippen LogP contribution is 2.52. The maximum absolute atomic E-state index is 13.6. The van der Waals surface area contributed by atoms with Gasteiger partial charge in [-0.15, -0.1) is 0 Å². The summed E-state index contributed by atoms with van der Waals surface area (Å²) in [6, 6.07) is 2.75. The van der Waals surface area contributed by atoms with Crippen molar-refractivity contribution in [1.82, 2.24) is 10.2 Å². The van der Waals surface area contributed by atoms with Crippen LogP contribution in [0, 0.1) is 5.82 Å². The van der Waals surface area contributed by atoms with Crippen LogP contribution in [0.25, 0.3) is 0 Å². The Morgan fingerprint density at radius 1 is 1.42 bits per heavy atom. The number of ether oxygens (including phenoxy) is 2. The molecule has 144 valence electrons. The van der Waals surface area contributed by atoms with Crippen molar-refractivity contribution in [3.63, 3.8) is 0 Å². The van der Waals surface area contributed by atoms with Crippen LogP contribution in [0.15, 0.2) is 18.2 Å². The van der Waals surface area contributed by atoms with Crippen LogP contribution in [-0.2, 0) is 21.2 Å². The van der Waals surface area contributed by atoms with Crippen molar-refractivity contribution in [2.24, 2.45) is 0 Å². The van der Waals surface area contributed by atoms with E-state index in [4.69, 9.17) is 9.47 Å². The molecule has 2 aliphatic rings. The molecule has 1 aromatic rings. The molecule has 1 atom stereocenters. The van der Waals surface area contributed by atoms with Crippen LogP contribution in [0.5, 0.6) is 0 Å². The number of rotatable bonds is 4. The summed E-state index contributed by atoms with van der Waals surface area (Å²) in [5.74, 6) is -1.33. The number of nitrogens with one attached hydrogen (secondary N) is 1. The van der Waals surface area contributed by atoms with Gasteiger partial charge < -0.3 is 14.8 Å². The summed E-state index contributed by atoms with van der Waals surface area (Å²) in [4.78, 5) is 13.8. The summed E-state index contributed by atoms with van der Waals surface area (Å²) in [6.45, 7) is 1.81. The standard InChI is InChI=1S/C17H20F4N2O3/c1-25-15(24)23(9-12-10-26-7-6-22-12)16(4-5-16)11-2-3-14(18)13(8-11)17(19,20)21/h2-3,8,12,22H,4-7,9-10H2,1H3/t12-/m0/s1. The normalized spacial score (nSPS) is 22.0. The maximum atomic E-state index is 13.6. The predicted octanol–water partition coefficient (Wildman–Crippen LogP) is 2.89. The molecule has 1 saturated carbocycles. The number of benzene rings is 1. The molecular weight excluding hydrogens is 356 g/mol. The molecule has 1 N–H and O–H groups in total. The number of carbonyl (C=O) groups is 1. The molecule has 9 heteroatoms. The lowest BCUT2D eigenvalue weighted by atomic mass is 9.99. The van der Waals surface area contributed by atoms with Crippen LogP contribution in [0.3, 0.4) is 0 Å². The van der Waals surface area contributed by atoms with Crippen LogP contribution in [0.4, 0.5) is 22.4 Å². The summed E-state index contributed by atoms with van der Waals surface area (Å²) in [6.07, 6.45) is -4.46. The minimum absolute atomic E-state index is 0.150. The van der Waals surface area contributed by atoms with Gasteiger partial charge in [0.05, 0.1) is 31.4 Å². The SMILES string of the molecule is COC(=O)N(C[C@H]1COCCN1)C1(c2ccc(F)c(C(F)(F)F)c2)CC1. The molecule has 1 aliphatic heterocycles. The molecule has 5 nitrogen and oxygen atoms in total. The molecule has 0 spiro atoms. The van der Waals surface area contributed by atoms with E-state index in [0.29, 0.717) is 32.6 Å².